The Bertz CT molecular complexity index is 484. The predicted molar refractivity (Wildman–Crippen MR) is 74.4 cm³/mol. The van der Waals surface area contributed by atoms with Gasteiger partial charge in [0.1, 0.15) is 6.04 Å². The van der Waals surface area contributed by atoms with Crippen LogP contribution in [-0.4, -0.2) is 34.9 Å². The minimum atomic E-state index is -1.21. The third kappa shape index (κ3) is 5.06. The molecule has 6 nitrogen and oxygen atoms in total. The molecule has 0 saturated heterocycles. The SMILES string of the molecule is O=C(Nc1ccc(Cl)c(Br)c1)N[C@@H](CCO)C(=O)O. The van der Waals surface area contributed by atoms with Gasteiger partial charge in [0.05, 0.1) is 5.02 Å². The number of aliphatic hydroxyl groups is 1. The lowest BCUT2D eigenvalue weighted by Crippen LogP contribution is -2.43. The third-order valence-electron chi connectivity index (χ3n) is 2.20. The summed E-state index contributed by atoms with van der Waals surface area (Å²) in [5, 5.41) is 22.7. The zero-order valence-corrected chi connectivity index (χ0v) is 12.0. The molecule has 1 aromatic rings. The molecule has 0 saturated carbocycles. The topological polar surface area (TPSA) is 98.7 Å². The third-order valence-corrected chi connectivity index (χ3v) is 3.41. The van der Waals surface area contributed by atoms with E-state index in [2.05, 4.69) is 26.6 Å². The number of nitrogens with one attached hydrogen (secondary N) is 2. The lowest BCUT2D eigenvalue weighted by Gasteiger charge is -2.14. The average molecular weight is 352 g/mol. The van der Waals surface area contributed by atoms with Crippen molar-refractivity contribution in [1.82, 2.24) is 5.32 Å². The van der Waals surface area contributed by atoms with Crippen LogP contribution in [0, 0.1) is 0 Å². The van der Waals surface area contributed by atoms with Gasteiger partial charge < -0.3 is 20.8 Å². The summed E-state index contributed by atoms with van der Waals surface area (Å²) in [7, 11) is 0. The summed E-state index contributed by atoms with van der Waals surface area (Å²) in [5.74, 6) is -1.21. The van der Waals surface area contributed by atoms with Crippen LogP contribution in [0.3, 0.4) is 0 Å². The molecule has 0 fully saturated rings. The Morgan fingerprint density at radius 3 is 2.63 bits per heavy atom. The quantitative estimate of drug-likeness (QED) is 0.652. The molecular formula is C11H12BrClN2O4. The largest absolute Gasteiger partial charge is 0.480 e. The summed E-state index contributed by atoms with van der Waals surface area (Å²) in [6.45, 7) is -0.330. The van der Waals surface area contributed by atoms with E-state index in [-0.39, 0.29) is 13.0 Å². The van der Waals surface area contributed by atoms with E-state index in [1.807, 2.05) is 0 Å². The van der Waals surface area contributed by atoms with Crippen molar-refractivity contribution < 1.29 is 19.8 Å². The van der Waals surface area contributed by atoms with Gasteiger partial charge >= 0.3 is 12.0 Å². The second-order valence-electron chi connectivity index (χ2n) is 3.63. The van der Waals surface area contributed by atoms with E-state index in [1.54, 1.807) is 18.2 Å². The number of amides is 2. The van der Waals surface area contributed by atoms with Crippen molar-refractivity contribution in [3.05, 3.63) is 27.7 Å². The second-order valence-corrected chi connectivity index (χ2v) is 4.89. The molecular weight excluding hydrogens is 339 g/mol. The molecule has 0 spiro atoms. The minimum Gasteiger partial charge on any atom is -0.480 e. The fraction of sp³-hybridized carbons (Fsp3) is 0.273. The molecule has 104 valence electrons. The van der Waals surface area contributed by atoms with Crippen LogP contribution < -0.4 is 10.6 Å². The fourth-order valence-corrected chi connectivity index (χ4v) is 1.78. The first-order valence-corrected chi connectivity index (χ1v) is 6.47. The number of carboxylic acids is 1. The van der Waals surface area contributed by atoms with Crippen LogP contribution in [0.25, 0.3) is 0 Å². The first-order chi connectivity index (χ1) is 8.93. The minimum absolute atomic E-state index is 0.0624. The Balaban J connectivity index is 2.63. The van der Waals surface area contributed by atoms with Crippen molar-refractivity contribution in [3.63, 3.8) is 0 Å². The molecule has 2 amide bonds. The number of aliphatic hydroxyl groups excluding tert-OH is 1. The number of anilines is 1. The molecule has 0 aromatic heterocycles. The van der Waals surface area contributed by atoms with Crippen molar-refractivity contribution in [2.45, 2.75) is 12.5 Å². The van der Waals surface area contributed by atoms with Crippen LogP contribution in [0.4, 0.5) is 10.5 Å². The first-order valence-electron chi connectivity index (χ1n) is 5.30. The van der Waals surface area contributed by atoms with E-state index in [0.29, 0.717) is 15.2 Å². The molecule has 0 aliphatic rings. The van der Waals surface area contributed by atoms with Gasteiger partial charge in [-0.15, -0.1) is 0 Å². The Morgan fingerprint density at radius 1 is 1.42 bits per heavy atom. The highest BCUT2D eigenvalue weighted by atomic mass is 79.9. The number of carboxylic acid groups (broad SMARTS) is 1. The maximum absolute atomic E-state index is 11.6. The molecule has 0 aliphatic heterocycles. The number of urea groups is 1. The molecule has 0 unspecified atom stereocenters. The number of halogens is 2. The molecule has 0 bridgehead atoms. The molecule has 4 N–H and O–H groups in total. The highest BCUT2D eigenvalue weighted by Gasteiger charge is 2.19. The average Bonchev–Trinajstić information content (AvgIpc) is 2.33. The highest BCUT2D eigenvalue weighted by molar-refractivity contribution is 9.10. The number of hydrogen-bond acceptors (Lipinski definition) is 3. The van der Waals surface area contributed by atoms with Gasteiger partial charge in [0.25, 0.3) is 0 Å². The van der Waals surface area contributed by atoms with E-state index in [9.17, 15) is 9.59 Å². The van der Waals surface area contributed by atoms with Crippen LogP contribution in [0.2, 0.25) is 5.02 Å². The van der Waals surface area contributed by atoms with Gasteiger partial charge in [-0.25, -0.2) is 9.59 Å². The number of aliphatic carboxylic acids is 1. The van der Waals surface area contributed by atoms with Crippen LogP contribution >= 0.6 is 27.5 Å². The van der Waals surface area contributed by atoms with Gasteiger partial charge in [0.15, 0.2) is 0 Å². The monoisotopic (exact) mass is 350 g/mol. The fourth-order valence-electron chi connectivity index (χ4n) is 1.29. The Kier molecular flexibility index (Phi) is 6.07. The Labute approximate surface area is 122 Å². The van der Waals surface area contributed by atoms with Crippen LogP contribution in [0.5, 0.6) is 0 Å². The summed E-state index contributed by atoms with van der Waals surface area (Å²) < 4.78 is 0.608. The zero-order valence-electron chi connectivity index (χ0n) is 9.69. The van der Waals surface area contributed by atoms with Gasteiger partial charge in [-0.2, -0.15) is 0 Å². The normalized spacial score (nSPS) is 11.7. The van der Waals surface area contributed by atoms with Crippen LogP contribution in [-0.2, 0) is 4.79 Å². The zero-order chi connectivity index (χ0) is 14.4. The number of benzene rings is 1. The van der Waals surface area contributed by atoms with Crippen molar-refractivity contribution in [2.75, 3.05) is 11.9 Å². The van der Waals surface area contributed by atoms with Gasteiger partial charge in [0.2, 0.25) is 0 Å². The maximum atomic E-state index is 11.6. The van der Waals surface area contributed by atoms with E-state index in [4.69, 9.17) is 21.8 Å². The second kappa shape index (κ2) is 7.32. The Hall–Kier alpha value is -1.31. The maximum Gasteiger partial charge on any atom is 0.326 e. The molecule has 1 atom stereocenters. The van der Waals surface area contributed by atoms with E-state index in [0.717, 1.165) is 0 Å². The Morgan fingerprint density at radius 2 is 2.11 bits per heavy atom. The van der Waals surface area contributed by atoms with Gasteiger partial charge in [-0.05, 0) is 34.1 Å². The lowest BCUT2D eigenvalue weighted by molar-refractivity contribution is -0.139. The van der Waals surface area contributed by atoms with Crippen molar-refractivity contribution in [2.24, 2.45) is 0 Å². The summed E-state index contributed by atoms with van der Waals surface area (Å²) in [6, 6.07) is 2.94. The number of carbonyl (C=O) groups excluding carboxylic acids is 1. The smallest absolute Gasteiger partial charge is 0.326 e. The summed E-state index contributed by atoms with van der Waals surface area (Å²) in [6.07, 6.45) is -0.0624. The van der Waals surface area contributed by atoms with Crippen LogP contribution in [0.1, 0.15) is 6.42 Å². The number of carbonyl (C=O) groups is 2. The predicted octanol–water partition coefficient (Wildman–Crippen LogP) is 2.06. The molecule has 0 aliphatic carbocycles. The van der Waals surface area contributed by atoms with Crippen LogP contribution in [0.15, 0.2) is 22.7 Å². The highest BCUT2D eigenvalue weighted by Crippen LogP contribution is 2.25. The number of rotatable bonds is 5. The number of hydrogen-bond donors (Lipinski definition) is 4. The van der Waals surface area contributed by atoms with Gasteiger partial charge in [-0.3, -0.25) is 0 Å². The van der Waals surface area contributed by atoms with Gasteiger partial charge in [0, 0.05) is 23.2 Å². The van der Waals surface area contributed by atoms with E-state index >= 15 is 0 Å². The lowest BCUT2D eigenvalue weighted by atomic mass is 10.2. The molecule has 0 radical (unpaired) electrons. The molecule has 0 heterocycles. The standard InChI is InChI=1S/C11H12BrClN2O4/c12-7-5-6(1-2-8(7)13)14-11(19)15-9(3-4-16)10(17)18/h1-2,5,9,16H,3-4H2,(H,17,18)(H2,14,15,19)/t9-/m0/s1. The van der Waals surface area contributed by atoms with Crippen molar-refractivity contribution in [1.29, 1.82) is 0 Å². The van der Waals surface area contributed by atoms with E-state index in [1.165, 1.54) is 0 Å². The molecule has 1 aromatic carbocycles. The van der Waals surface area contributed by atoms with Gasteiger partial charge in [-0.1, -0.05) is 11.6 Å². The molecule has 19 heavy (non-hydrogen) atoms. The van der Waals surface area contributed by atoms with E-state index < -0.39 is 18.0 Å². The first kappa shape index (κ1) is 15.7. The van der Waals surface area contributed by atoms with Crippen molar-refractivity contribution >= 4 is 45.2 Å². The van der Waals surface area contributed by atoms with Crippen molar-refractivity contribution in [3.8, 4) is 0 Å². The molecule has 8 heteroatoms. The summed E-state index contributed by atoms with van der Waals surface area (Å²) >= 11 is 9.01. The summed E-state index contributed by atoms with van der Waals surface area (Å²) in [4.78, 5) is 22.4. The molecule has 1 rings (SSSR count). The summed E-state index contributed by atoms with van der Waals surface area (Å²) in [5.41, 5.74) is 0.460.